The first kappa shape index (κ1) is 12.6. The fourth-order valence-corrected chi connectivity index (χ4v) is 2.72. The fraction of sp³-hybridized carbons (Fsp3) is 0.786. The van der Waals surface area contributed by atoms with Crippen molar-refractivity contribution in [3.63, 3.8) is 0 Å². The van der Waals surface area contributed by atoms with Gasteiger partial charge < -0.3 is 5.11 Å². The summed E-state index contributed by atoms with van der Waals surface area (Å²) in [6.07, 6.45) is 7.96. The molecule has 4 atom stereocenters. The van der Waals surface area contributed by atoms with E-state index in [1.807, 2.05) is 19.3 Å². The molecule has 0 bridgehead atoms. The van der Waals surface area contributed by atoms with Crippen molar-refractivity contribution in [2.24, 2.45) is 11.8 Å². The van der Waals surface area contributed by atoms with Gasteiger partial charge in [0.2, 0.25) is 0 Å². The third-order valence-corrected chi connectivity index (χ3v) is 4.34. The Labute approximate surface area is 104 Å². The van der Waals surface area contributed by atoms with Crippen LogP contribution >= 0.6 is 0 Å². The molecule has 0 aliphatic heterocycles. The summed E-state index contributed by atoms with van der Waals surface area (Å²) in [6.45, 7) is 6.67. The smallest absolute Gasteiger partial charge is 0.0817 e. The Morgan fingerprint density at radius 1 is 1.41 bits per heavy atom. The molecule has 1 saturated carbocycles. The van der Waals surface area contributed by atoms with Gasteiger partial charge in [0.15, 0.2) is 0 Å². The number of rotatable bonds is 3. The molecule has 1 aromatic rings. The van der Waals surface area contributed by atoms with Crippen LogP contribution in [0.5, 0.6) is 0 Å². The highest BCUT2D eigenvalue weighted by molar-refractivity contribution is 5.08. The second-order valence-corrected chi connectivity index (χ2v) is 5.60. The van der Waals surface area contributed by atoms with E-state index in [4.69, 9.17) is 0 Å². The van der Waals surface area contributed by atoms with E-state index in [0.29, 0.717) is 6.04 Å². The first-order valence-corrected chi connectivity index (χ1v) is 6.84. The molecule has 0 spiro atoms. The van der Waals surface area contributed by atoms with E-state index >= 15 is 0 Å². The third kappa shape index (κ3) is 2.71. The van der Waals surface area contributed by atoms with Gasteiger partial charge in [-0.2, -0.15) is 5.10 Å². The van der Waals surface area contributed by atoms with Crippen LogP contribution in [0.1, 0.15) is 64.2 Å². The van der Waals surface area contributed by atoms with Crippen LogP contribution in [0.3, 0.4) is 0 Å². The van der Waals surface area contributed by atoms with Crippen LogP contribution in [0.4, 0.5) is 0 Å². The Morgan fingerprint density at radius 2 is 2.18 bits per heavy atom. The van der Waals surface area contributed by atoms with Crippen LogP contribution in [-0.2, 0) is 0 Å². The maximum atomic E-state index is 9.78. The van der Waals surface area contributed by atoms with Crippen LogP contribution < -0.4 is 0 Å². The zero-order valence-corrected chi connectivity index (χ0v) is 11.1. The van der Waals surface area contributed by atoms with Crippen LogP contribution in [0, 0.1) is 11.8 Å². The van der Waals surface area contributed by atoms with E-state index in [0.717, 1.165) is 23.8 Å². The van der Waals surface area contributed by atoms with Crippen molar-refractivity contribution in [2.75, 3.05) is 0 Å². The van der Waals surface area contributed by atoms with Gasteiger partial charge in [-0.25, -0.2) is 0 Å². The Hall–Kier alpha value is -0.830. The summed E-state index contributed by atoms with van der Waals surface area (Å²) >= 11 is 0. The summed E-state index contributed by atoms with van der Waals surface area (Å²) < 4.78 is 2.07. The van der Waals surface area contributed by atoms with E-state index < -0.39 is 0 Å². The number of aliphatic hydroxyl groups excluding tert-OH is 1. The van der Waals surface area contributed by atoms with Gasteiger partial charge in [0.25, 0.3) is 0 Å². The highest BCUT2D eigenvalue weighted by Crippen LogP contribution is 2.36. The van der Waals surface area contributed by atoms with Gasteiger partial charge in [0.1, 0.15) is 0 Å². The lowest BCUT2D eigenvalue weighted by Gasteiger charge is -2.32. The van der Waals surface area contributed by atoms with Crippen molar-refractivity contribution in [1.82, 2.24) is 9.78 Å². The zero-order chi connectivity index (χ0) is 12.4. The van der Waals surface area contributed by atoms with E-state index in [1.165, 1.54) is 19.3 Å². The molecule has 1 heterocycles. The number of aromatic nitrogens is 2. The predicted molar refractivity (Wildman–Crippen MR) is 68.7 cm³/mol. The molecule has 17 heavy (non-hydrogen) atoms. The Balaban J connectivity index is 2.05. The van der Waals surface area contributed by atoms with E-state index in [2.05, 4.69) is 23.6 Å². The van der Waals surface area contributed by atoms with Gasteiger partial charge in [-0.15, -0.1) is 0 Å². The molecule has 1 aliphatic carbocycles. The van der Waals surface area contributed by atoms with Gasteiger partial charge in [-0.1, -0.05) is 20.8 Å². The molecule has 1 aliphatic rings. The monoisotopic (exact) mass is 236 g/mol. The molecule has 1 N–H and O–H groups in total. The fourth-order valence-electron chi connectivity index (χ4n) is 2.72. The number of hydrogen-bond donors (Lipinski definition) is 1. The number of nitrogens with zero attached hydrogens (tertiary/aromatic N) is 2. The van der Waals surface area contributed by atoms with Crippen molar-refractivity contribution < 1.29 is 5.11 Å². The van der Waals surface area contributed by atoms with Crippen molar-refractivity contribution in [1.29, 1.82) is 0 Å². The quantitative estimate of drug-likeness (QED) is 0.874. The van der Waals surface area contributed by atoms with Gasteiger partial charge >= 0.3 is 0 Å². The number of hydrogen-bond acceptors (Lipinski definition) is 2. The standard InChI is InChI=1S/C14H24N2O/c1-4-14(17)12-8-15-16(9-12)13-6-5-10(2)11(3)7-13/h8-11,13-14,17H,4-7H2,1-3H3. The molecule has 1 aromatic heterocycles. The molecule has 4 unspecified atom stereocenters. The Kier molecular flexibility index (Phi) is 3.87. The zero-order valence-electron chi connectivity index (χ0n) is 11.1. The normalized spacial score (nSPS) is 31.4. The molecule has 0 radical (unpaired) electrons. The van der Waals surface area contributed by atoms with Crippen LogP contribution in [0.15, 0.2) is 12.4 Å². The Morgan fingerprint density at radius 3 is 2.82 bits per heavy atom. The van der Waals surface area contributed by atoms with Crippen LogP contribution in [-0.4, -0.2) is 14.9 Å². The second kappa shape index (κ2) is 5.21. The lowest BCUT2D eigenvalue weighted by molar-refractivity contribution is 0.172. The Bertz CT molecular complexity index is 361. The molecule has 3 heteroatoms. The van der Waals surface area contributed by atoms with Gasteiger partial charge in [0.05, 0.1) is 18.3 Å². The average Bonchev–Trinajstić information content (AvgIpc) is 2.81. The second-order valence-electron chi connectivity index (χ2n) is 5.60. The molecular formula is C14H24N2O. The van der Waals surface area contributed by atoms with Gasteiger partial charge in [-0.3, -0.25) is 4.68 Å². The maximum absolute atomic E-state index is 9.78. The first-order valence-electron chi connectivity index (χ1n) is 6.84. The minimum atomic E-state index is -0.358. The highest BCUT2D eigenvalue weighted by atomic mass is 16.3. The summed E-state index contributed by atoms with van der Waals surface area (Å²) in [6, 6.07) is 0.527. The summed E-state index contributed by atoms with van der Waals surface area (Å²) in [5, 5.41) is 14.2. The van der Waals surface area contributed by atoms with Crippen molar-refractivity contribution in [3.8, 4) is 0 Å². The van der Waals surface area contributed by atoms with Crippen molar-refractivity contribution in [2.45, 2.75) is 58.6 Å². The lowest BCUT2D eigenvalue weighted by atomic mass is 9.79. The van der Waals surface area contributed by atoms with Gasteiger partial charge in [0, 0.05) is 11.8 Å². The summed E-state index contributed by atoms with van der Waals surface area (Å²) in [4.78, 5) is 0. The predicted octanol–water partition coefficient (Wildman–Crippen LogP) is 3.32. The molecule has 1 fully saturated rings. The third-order valence-electron chi connectivity index (χ3n) is 4.34. The van der Waals surface area contributed by atoms with E-state index in [9.17, 15) is 5.11 Å². The maximum Gasteiger partial charge on any atom is 0.0817 e. The molecular weight excluding hydrogens is 212 g/mol. The minimum Gasteiger partial charge on any atom is -0.388 e. The SMILES string of the molecule is CCC(O)c1cnn(C2CCC(C)C(C)C2)c1. The molecule has 96 valence electrons. The topological polar surface area (TPSA) is 38.1 Å². The first-order chi connectivity index (χ1) is 8.11. The van der Waals surface area contributed by atoms with Gasteiger partial charge in [-0.05, 0) is 37.5 Å². The average molecular weight is 236 g/mol. The number of aliphatic hydroxyl groups is 1. The van der Waals surface area contributed by atoms with E-state index in [-0.39, 0.29) is 6.10 Å². The molecule has 0 saturated heterocycles. The van der Waals surface area contributed by atoms with Crippen molar-refractivity contribution in [3.05, 3.63) is 18.0 Å². The highest BCUT2D eigenvalue weighted by Gasteiger charge is 2.26. The molecule has 0 aromatic carbocycles. The van der Waals surface area contributed by atoms with Crippen LogP contribution in [0.2, 0.25) is 0 Å². The minimum absolute atomic E-state index is 0.358. The summed E-state index contributed by atoms with van der Waals surface area (Å²) in [5.74, 6) is 1.61. The summed E-state index contributed by atoms with van der Waals surface area (Å²) in [5.41, 5.74) is 0.957. The molecule has 0 amide bonds. The molecule has 3 nitrogen and oxygen atoms in total. The van der Waals surface area contributed by atoms with E-state index in [1.54, 1.807) is 0 Å². The largest absolute Gasteiger partial charge is 0.388 e. The lowest BCUT2D eigenvalue weighted by Crippen LogP contribution is -2.23. The summed E-state index contributed by atoms with van der Waals surface area (Å²) in [7, 11) is 0. The van der Waals surface area contributed by atoms with Crippen LogP contribution in [0.25, 0.3) is 0 Å². The molecule has 2 rings (SSSR count). The van der Waals surface area contributed by atoms with Crippen molar-refractivity contribution >= 4 is 0 Å².